The van der Waals surface area contributed by atoms with E-state index >= 15 is 0 Å². The Morgan fingerprint density at radius 2 is 2.00 bits per heavy atom. The zero-order valence-corrected chi connectivity index (χ0v) is 14.0. The monoisotopic (exact) mass is 372 g/mol. The summed E-state index contributed by atoms with van der Waals surface area (Å²) in [5, 5.41) is 4.70. The Bertz CT molecular complexity index is 563. The highest BCUT2D eigenvalue weighted by atomic mass is 127. The number of hydrogen-bond acceptors (Lipinski definition) is 3. The van der Waals surface area contributed by atoms with E-state index in [4.69, 9.17) is 0 Å². The summed E-state index contributed by atoms with van der Waals surface area (Å²) >= 11 is 4.13. The van der Waals surface area contributed by atoms with Gasteiger partial charge in [0.05, 0.1) is 16.7 Å². The van der Waals surface area contributed by atoms with E-state index in [9.17, 15) is 0 Å². The van der Waals surface area contributed by atoms with Crippen molar-refractivity contribution in [2.75, 3.05) is 5.32 Å². The number of aromatic nitrogens is 1. The third kappa shape index (κ3) is 2.85. The van der Waals surface area contributed by atoms with Crippen LogP contribution in [-0.2, 0) is 0 Å². The van der Waals surface area contributed by atoms with Gasteiger partial charge in [0.2, 0.25) is 0 Å². The van der Waals surface area contributed by atoms with Crippen LogP contribution in [0.3, 0.4) is 0 Å². The summed E-state index contributed by atoms with van der Waals surface area (Å²) in [5.74, 6) is 0. The van der Waals surface area contributed by atoms with Gasteiger partial charge >= 0.3 is 0 Å². The van der Waals surface area contributed by atoms with Crippen molar-refractivity contribution in [3.05, 3.63) is 42.9 Å². The first-order valence-corrected chi connectivity index (χ1v) is 7.84. The lowest BCUT2D eigenvalue weighted by molar-refractivity contribution is 0.835. The van der Waals surface area contributed by atoms with Crippen LogP contribution in [0.15, 0.2) is 18.2 Å². The van der Waals surface area contributed by atoms with E-state index < -0.39 is 0 Å². The van der Waals surface area contributed by atoms with Crippen molar-refractivity contribution >= 4 is 39.6 Å². The minimum absolute atomic E-state index is 0.242. The molecule has 96 valence electrons. The predicted octanol–water partition coefficient (Wildman–Crippen LogP) is 4.85. The fourth-order valence-electron chi connectivity index (χ4n) is 2.01. The van der Waals surface area contributed by atoms with Crippen LogP contribution in [0, 0.1) is 24.3 Å². The third-order valence-electron chi connectivity index (χ3n) is 2.99. The van der Waals surface area contributed by atoms with Crippen LogP contribution in [0.4, 0.5) is 5.69 Å². The fourth-order valence-corrected chi connectivity index (χ4v) is 3.42. The summed E-state index contributed by atoms with van der Waals surface area (Å²) in [4.78, 5) is 5.91. The second kappa shape index (κ2) is 5.57. The number of benzene rings is 1. The maximum atomic E-state index is 4.61. The molecule has 0 radical (unpaired) electrons. The number of hydrogen-bond donors (Lipinski definition) is 1. The molecule has 0 saturated carbocycles. The van der Waals surface area contributed by atoms with Crippen LogP contribution in [-0.4, -0.2) is 4.98 Å². The molecule has 4 heteroatoms. The van der Waals surface area contributed by atoms with E-state index in [0.717, 1.165) is 10.7 Å². The maximum absolute atomic E-state index is 4.61. The third-order valence-corrected chi connectivity index (χ3v) is 5.06. The van der Waals surface area contributed by atoms with Gasteiger partial charge < -0.3 is 5.32 Å². The lowest BCUT2D eigenvalue weighted by Gasteiger charge is -2.16. The van der Waals surface area contributed by atoms with Crippen LogP contribution >= 0.6 is 33.9 Å². The van der Waals surface area contributed by atoms with Gasteiger partial charge in [0, 0.05) is 14.1 Å². The molecular weight excluding hydrogens is 355 g/mol. The van der Waals surface area contributed by atoms with Gasteiger partial charge in [-0.1, -0.05) is 6.07 Å². The number of thiazole rings is 1. The van der Waals surface area contributed by atoms with Crippen molar-refractivity contribution in [1.29, 1.82) is 0 Å². The number of anilines is 1. The molecular formula is C14H17IN2S. The number of nitrogens with one attached hydrogen (secondary N) is 1. The lowest BCUT2D eigenvalue weighted by atomic mass is 10.1. The zero-order valence-electron chi connectivity index (χ0n) is 11.0. The molecule has 2 aromatic rings. The lowest BCUT2D eigenvalue weighted by Crippen LogP contribution is -2.09. The van der Waals surface area contributed by atoms with Gasteiger partial charge in [-0.05, 0) is 68.0 Å². The number of nitrogens with zero attached hydrogens (tertiary/aromatic N) is 1. The SMILES string of the molecule is Cc1nc(C(C)Nc2cccc(I)c2C)c(C)s1. The molecule has 2 nitrogen and oxygen atoms in total. The summed E-state index contributed by atoms with van der Waals surface area (Å²) in [6.07, 6.45) is 0. The van der Waals surface area contributed by atoms with Crippen LogP contribution in [0.5, 0.6) is 0 Å². The first-order valence-electron chi connectivity index (χ1n) is 5.94. The first-order chi connectivity index (χ1) is 8.49. The first kappa shape index (κ1) is 13.8. The molecule has 0 aliphatic carbocycles. The Balaban J connectivity index is 2.24. The summed E-state index contributed by atoms with van der Waals surface area (Å²) in [6.45, 7) is 8.52. The van der Waals surface area contributed by atoms with Gasteiger partial charge in [-0.2, -0.15) is 0 Å². The van der Waals surface area contributed by atoms with Crippen molar-refractivity contribution in [2.24, 2.45) is 0 Å². The molecule has 1 aromatic carbocycles. The minimum Gasteiger partial charge on any atom is -0.377 e. The quantitative estimate of drug-likeness (QED) is 0.780. The van der Waals surface area contributed by atoms with Gasteiger partial charge in [-0.25, -0.2) is 4.98 Å². The van der Waals surface area contributed by atoms with Crippen molar-refractivity contribution < 1.29 is 0 Å². The summed E-state index contributed by atoms with van der Waals surface area (Å²) in [6, 6.07) is 6.59. The van der Waals surface area contributed by atoms with E-state index in [1.54, 1.807) is 11.3 Å². The Hall–Kier alpha value is -0.620. The van der Waals surface area contributed by atoms with Gasteiger partial charge in [-0.15, -0.1) is 11.3 Å². The molecule has 1 unspecified atom stereocenters. The van der Waals surface area contributed by atoms with Gasteiger partial charge in [0.25, 0.3) is 0 Å². The van der Waals surface area contributed by atoms with Gasteiger partial charge in [0.1, 0.15) is 0 Å². The second-order valence-corrected chi connectivity index (χ2v) is 7.02. The second-order valence-electron chi connectivity index (χ2n) is 4.45. The Kier molecular flexibility index (Phi) is 4.27. The molecule has 0 aliphatic rings. The van der Waals surface area contributed by atoms with Crippen molar-refractivity contribution in [2.45, 2.75) is 33.7 Å². The highest BCUT2D eigenvalue weighted by Crippen LogP contribution is 2.28. The maximum Gasteiger partial charge on any atom is 0.0901 e. The normalized spacial score (nSPS) is 12.5. The van der Waals surface area contributed by atoms with E-state index in [0.29, 0.717) is 0 Å². The van der Waals surface area contributed by atoms with Crippen LogP contribution in [0.1, 0.15) is 34.1 Å². The largest absolute Gasteiger partial charge is 0.377 e. The molecule has 0 amide bonds. The van der Waals surface area contributed by atoms with Crippen molar-refractivity contribution in [1.82, 2.24) is 4.98 Å². The molecule has 1 heterocycles. The van der Waals surface area contributed by atoms with Crippen molar-refractivity contribution in [3.63, 3.8) is 0 Å². The molecule has 0 fully saturated rings. The Labute approximate surface area is 126 Å². The summed E-state index contributed by atoms with van der Waals surface area (Å²) in [5.41, 5.74) is 3.66. The molecule has 0 bridgehead atoms. The molecule has 1 atom stereocenters. The molecule has 1 aromatic heterocycles. The van der Waals surface area contributed by atoms with Crippen molar-refractivity contribution in [3.8, 4) is 0 Å². The molecule has 1 N–H and O–H groups in total. The van der Waals surface area contributed by atoms with Crippen LogP contribution < -0.4 is 5.32 Å². The summed E-state index contributed by atoms with van der Waals surface area (Å²) < 4.78 is 1.29. The van der Waals surface area contributed by atoms with Gasteiger partial charge in [-0.3, -0.25) is 0 Å². The smallest absolute Gasteiger partial charge is 0.0901 e. The van der Waals surface area contributed by atoms with Crippen LogP contribution in [0.2, 0.25) is 0 Å². The predicted molar refractivity (Wildman–Crippen MR) is 87.5 cm³/mol. The minimum atomic E-state index is 0.242. The van der Waals surface area contributed by atoms with Crippen LogP contribution in [0.25, 0.3) is 0 Å². The standard InChI is InChI=1S/C14H17IN2S/c1-8-12(15)6-5-7-13(8)16-9(2)14-10(3)18-11(4)17-14/h5-7,9,16H,1-4H3. The average Bonchev–Trinajstić information content (AvgIpc) is 2.64. The van der Waals surface area contributed by atoms with E-state index in [-0.39, 0.29) is 6.04 Å². The van der Waals surface area contributed by atoms with E-state index in [1.165, 1.54) is 19.7 Å². The van der Waals surface area contributed by atoms with E-state index in [2.05, 4.69) is 78.8 Å². The zero-order chi connectivity index (χ0) is 13.3. The molecule has 0 saturated heterocycles. The Morgan fingerprint density at radius 3 is 2.61 bits per heavy atom. The number of rotatable bonds is 3. The molecule has 18 heavy (non-hydrogen) atoms. The number of aryl methyl sites for hydroxylation is 2. The molecule has 2 rings (SSSR count). The molecule has 0 spiro atoms. The Morgan fingerprint density at radius 1 is 1.28 bits per heavy atom. The van der Waals surface area contributed by atoms with Gasteiger partial charge in [0.15, 0.2) is 0 Å². The highest BCUT2D eigenvalue weighted by molar-refractivity contribution is 14.1. The highest BCUT2D eigenvalue weighted by Gasteiger charge is 2.14. The number of halogens is 1. The fraction of sp³-hybridized carbons (Fsp3) is 0.357. The summed E-state index contributed by atoms with van der Waals surface area (Å²) in [7, 11) is 0. The molecule has 0 aliphatic heterocycles. The topological polar surface area (TPSA) is 24.9 Å². The average molecular weight is 372 g/mol. The van der Waals surface area contributed by atoms with E-state index in [1.807, 2.05) is 0 Å².